The van der Waals surface area contributed by atoms with E-state index in [1.54, 1.807) is 6.92 Å². The van der Waals surface area contributed by atoms with E-state index in [2.05, 4.69) is 0 Å². The van der Waals surface area contributed by atoms with Gasteiger partial charge in [-0.2, -0.15) is 0 Å². The highest BCUT2D eigenvalue weighted by Gasteiger charge is 2.50. The van der Waals surface area contributed by atoms with Gasteiger partial charge < -0.3 is 33.9 Å². The van der Waals surface area contributed by atoms with Crippen LogP contribution < -0.4 is 0 Å². The van der Waals surface area contributed by atoms with Crippen molar-refractivity contribution in [2.45, 2.75) is 97.3 Å². The van der Waals surface area contributed by atoms with Crippen molar-refractivity contribution in [2.75, 3.05) is 6.61 Å². The Morgan fingerprint density at radius 1 is 0.906 bits per heavy atom. The molecular weight excluding hydrogens is 424 g/mol. The van der Waals surface area contributed by atoms with Crippen molar-refractivity contribution in [1.29, 1.82) is 0 Å². The van der Waals surface area contributed by atoms with Crippen LogP contribution >= 0.6 is 0 Å². The molecule has 1 heterocycles. The van der Waals surface area contributed by atoms with Gasteiger partial charge in [0.05, 0.1) is 18.3 Å². The van der Waals surface area contributed by atoms with E-state index in [-0.39, 0.29) is 18.4 Å². The van der Waals surface area contributed by atoms with Gasteiger partial charge in [0.1, 0.15) is 24.9 Å². The second-order valence-corrected chi connectivity index (χ2v) is 8.77. The normalized spacial score (nSPS) is 39.8. The average Bonchev–Trinajstić information content (AvgIpc) is 2.71. The molecule has 1 aliphatic heterocycles. The van der Waals surface area contributed by atoms with Crippen molar-refractivity contribution < 1.29 is 48.3 Å². The van der Waals surface area contributed by atoms with Gasteiger partial charge in [-0.15, -0.1) is 0 Å². The van der Waals surface area contributed by atoms with Crippen molar-refractivity contribution in [1.82, 2.24) is 0 Å². The Morgan fingerprint density at radius 2 is 1.50 bits per heavy atom. The molecule has 2 fully saturated rings. The van der Waals surface area contributed by atoms with Gasteiger partial charge in [-0.05, 0) is 12.8 Å². The fourth-order valence-corrected chi connectivity index (χ4v) is 4.47. The number of aliphatic hydroxyl groups excluding tert-OH is 2. The number of rotatable bonds is 7. The van der Waals surface area contributed by atoms with Gasteiger partial charge in [0.15, 0.2) is 6.29 Å². The molecule has 1 saturated heterocycles. The Morgan fingerprint density at radius 3 is 2.03 bits per heavy atom. The van der Waals surface area contributed by atoms with Gasteiger partial charge in [0.25, 0.3) is 0 Å². The quantitative estimate of drug-likeness (QED) is 0.417. The highest BCUT2D eigenvalue weighted by atomic mass is 16.7. The van der Waals surface area contributed by atoms with Crippen LogP contribution in [0.1, 0.15) is 54.4 Å². The molecule has 0 radical (unpaired) electrons. The molecule has 0 aromatic heterocycles. The van der Waals surface area contributed by atoms with E-state index < -0.39 is 66.7 Å². The van der Waals surface area contributed by atoms with Gasteiger partial charge in [-0.25, -0.2) is 0 Å². The summed E-state index contributed by atoms with van der Waals surface area (Å²) in [5.74, 6) is -2.47. The molecule has 4 unspecified atom stereocenters. The van der Waals surface area contributed by atoms with Gasteiger partial charge in [-0.1, -0.05) is 20.8 Å². The molecule has 32 heavy (non-hydrogen) atoms. The highest BCUT2D eigenvalue weighted by Crippen LogP contribution is 2.39. The first-order valence-electron chi connectivity index (χ1n) is 11.1. The van der Waals surface area contributed by atoms with E-state index in [1.165, 1.54) is 20.8 Å². The van der Waals surface area contributed by atoms with Crippen LogP contribution in [0.4, 0.5) is 0 Å². The molecule has 0 aromatic carbocycles. The van der Waals surface area contributed by atoms with E-state index in [0.717, 1.165) is 0 Å². The van der Waals surface area contributed by atoms with Crippen molar-refractivity contribution in [3.8, 4) is 0 Å². The summed E-state index contributed by atoms with van der Waals surface area (Å²) in [6.45, 7) is 9.22. The van der Waals surface area contributed by atoms with Gasteiger partial charge in [0, 0.05) is 38.5 Å². The summed E-state index contributed by atoms with van der Waals surface area (Å²) in [6, 6.07) is 0. The number of aliphatic hydroxyl groups is 2. The van der Waals surface area contributed by atoms with Crippen molar-refractivity contribution >= 4 is 17.9 Å². The van der Waals surface area contributed by atoms with E-state index in [4.69, 9.17) is 23.7 Å². The number of carbonyl (C=O) groups is 3. The summed E-state index contributed by atoms with van der Waals surface area (Å²) in [5.41, 5.74) is 0. The third-order valence-corrected chi connectivity index (χ3v) is 6.38. The Bertz CT molecular complexity index is 667. The van der Waals surface area contributed by atoms with Crippen LogP contribution in [0.25, 0.3) is 0 Å². The number of hydrogen-bond acceptors (Lipinski definition) is 10. The molecular formula is C22H36O10. The van der Waals surface area contributed by atoms with Crippen molar-refractivity contribution in [3.05, 3.63) is 0 Å². The minimum atomic E-state index is -1.32. The first-order valence-corrected chi connectivity index (χ1v) is 11.1. The lowest BCUT2D eigenvalue weighted by Crippen LogP contribution is -2.59. The molecule has 10 nitrogen and oxygen atoms in total. The minimum absolute atomic E-state index is 0.0808. The lowest BCUT2D eigenvalue weighted by atomic mass is 9.75. The minimum Gasteiger partial charge on any atom is -0.463 e. The molecule has 2 aliphatic rings. The van der Waals surface area contributed by atoms with Crippen LogP contribution in [0, 0.1) is 17.8 Å². The van der Waals surface area contributed by atoms with Gasteiger partial charge in [0.2, 0.25) is 0 Å². The van der Waals surface area contributed by atoms with E-state index >= 15 is 0 Å². The van der Waals surface area contributed by atoms with Crippen LogP contribution in [0.3, 0.4) is 0 Å². The van der Waals surface area contributed by atoms with E-state index in [9.17, 15) is 24.6 Å². The Labute approximate surface area is 188 Å². The smallest absolute Gasteiger partial charge is 0.303 e. The Hall–Kier alpha value is -1.75. The molecule has 0 amide bonds. The van der Waals surface area contributed by atoms with Crippen LogP contribution in [0.2, 0.25) is 0 Å². The largest absolute Gasteiger partial charge is 0.463 e. The number of carbonyl (C=O) groups excluding carboxylic acids is 3. The maximum absolute atomic E-state index is 11.7. The Kier molecular flexibility index (Phi) is 9.44. The maximum atomic E-state index is 11.7. The molecule has 0 spiro atoms. The molecule has 2 N–H and O–H groups in total. The standard InChI is InChI=1S/C22H36O10/c1-7-15-8-16(11(3)20(29-13(5)24)21(15)30-14(6)25)31-22-19(27)18(26)10(2)17(32-22)9-28-12(4)23/h10-11,15-22,26-27H,7-9H2,1-6H3/t10-,11+,15?,16+,17?,18+,19?,20?,21-,22+/m1/s1. The van der Waals surface area contributed by atoms with Crippen molar-refractivity contribution in [3.63, 3.8) is 0 Å². The molecule has 2 rings (SSSR count). The van der Waals surface area contributed by atoms with Crippen LogP contribution in [-0.4, -0.2) is 77.6 Å². The molecule has 184 valence electrons. The monoisotopic (exact) mass is 460 g/mol. The molecule has 10 heteroatoms. The fourth-order valence-electron chi connectivity index (χ4n) is 4.47. The average molecular weight is 461 g/mol. The first kappa shape index (κ1) is 26.5. The first-order chi connectivity index (χ1) is 15.0. The van der Waals surface area contributed by atoms with Gasteiger partial charge >= 0.3 is 17.9 Å². The topological polar surface area (TPSA) is 138 Å². The summed E-state index contributed by atoms with van der Waals surface area (Å²) < 4.78 is 28.0. The van der Waals surface area contributed by atoms with Gasteiger partial charge in [-0.3, -0.25) is 14.4 Å². The van der Waals surface area contributed by atoms with E-state index in [1.807, 2.05) is 13.8 Å². The SMILES string of the molecule is CCC1C[C@H](O[C@H]2OC(COC(C)=O)[C@@H](C)[C@H](O)C2O)[C@H](C)C(OC(C)=O)[C@@H]1OC(C)=O. The zero-order valence-electron chi connectivity index (χ0n) is 19.6. The summed E-state index contributed by atoms with van der Waals surface area (Å²) in [4.78, 5) is 34.6. The summed E-state index contributed by atoms with van der Waals surface area (Å²) in [6.07, 6.45) is -5.04. The zero-order valence-corrected chi connectivity index (χ0v) is 19.6. The van der Waals surface area contributed by atoms with Crippen LogP contribution in [0.15, 0.2) is 0 Å². The number of esters is 3. The van der Waals surface area contributed by atoms with Crippen molar-refractivity contribution in [2.24, 2.45) is 17.8 Å². The number of ether oxygens (including phenoxy) is 5. The molecule has 0 aromatic rings. The Balaban J connectivity index is 2.20. The molecule has 10 atom stereocenters. The zero-order chi connectivity index (χ0) is 24.2. The third kappa shape index (κ3) is 6.40. The number of hydrogen-bond donors (Lipinski definition) is 2. The second-order valence-electron chi connectivity index (χ2n) is 8.77. The molecule has 1 aliphatic carbocycles. The second kappa shape index (κ2) is 11.4. The lowest BCUT2D eigenvalue weighted by Gasteiger charge is -2.47. The summed E-state index contributed by atoms with van der Waals surface area (Å²) in [5, 5.41) is 21.0. The predicted molar refractivity (Wildman–Crippen MR) is 110 cm³/mol. The van der Waals surface area contributed by atoms with Crippen LogP contribution in [0.5, 0.6) is 0 Å². The molecule has 0 bridgehead atoms. The summed E-state index contributed by atoms with van der Waals surface area (Å²) in [7, 11) is 0. The third-order valence-electron chi connectivity index (χ3n) is 6.38. The van der Waals surface area contributed by atoms with Crippen LogP contribution in [-0.2, 0) is 38.1 Å². The molecule has 1 saturated carbocycles. The fraction of sp³-hybridized carbons (Fsp3) is 0.864. The highest BCUT2D eigenvalue weighted by molar-refractivity contribution is 5.67. The maximum Gasteiger partial charge on any atom is 0.303 e. The summed E-state index contributed by atoms with van der Waals surface area (Å²) >= 11 is 0. The van der Waals surface area contributed by atoms with E-state index in [0.29, 0.717) is 12.8 Å². The lowest BCUT2D eigenvalue weighted by molar-refractivity contribution is -0.313. The predicted octanol–water partition coefficient (Wildman–Crippen LogP) is 0.947.